The largest absolute Gasteiger partial charge is 0.375 e. The molecule has 20 heavy (non-hydrogen) atoms. The van der Waals surface area contributed by atoms with Gasteiger partial charge in [0.1, 0.15) is 4.90 Å². The zero-order chi connectivity index (χ0) is 14.3. The molecule has 2 fully saturated rings. The Morgan fingerprint density at radius 1 is 1.50 bits per heavy atom. The predicted molar refractivity (Wildman–Crippen MR) is 72.5 cm³/mol. The van der Waals surface area contributed by atoms with Gasteiger partial charge in [0, 0.05) is 13.1 Å². The van der Waals surface area contributed by atoms with Crippen LogP contribution in [0.5, 0.6) is 0 Å². The van der Waals surface area contributed by atoms with Crippen LogP contribution >= 0.6 is 0 Å². The summed E-state index contributed by atoms with van der Waals surface area (Å²) in [6.45, 7) is 2.68. The Bertz CT molecular complexity index is 598. The van der Waals surface area contributed by atoms with Crippen LogP contribution in [0.4, 0.5) is 0 Å². The fourth-order valence-corrected chi connectivity index (χ4v) is 5.26. The van der Waals surface area contributed by atoms with Crippen LogP contribution in [-0.2, 0) is 21.3 Å². The van der Waals surface area contributed by atoms with Crippen LogP contribution in [0.1, 0.15) is 30.7 Å². The van der Waals surface area contributed by atoms with Gasteiger partial charge in [0.15, 0.2) is 0 Å². The highest BCUT2D eigenvalue weighted by Gasteiger charge is 2.43. The van der Waals surface area contributed by atoms with Crippen molar-refractivity contribution in [1.82, 2.24) is 14.5 Å². The molecule has 2 heterocycles. The predicted octanol–water partition coefficient (Wildman–Crippen LogP) is 0.119. The Morgan fingerprint density at radius 2 is 2.30 bits per heavy atom. The minimum absolute atomic E-state index is 0.0343. The SMILES string of the molecule is Cc1[nH]nc(CN)c1S(=O)(=O)N1CCOC2CCCC21. The van der Waals surface area contributed by atoms with Gasteiger partial charge >= 0.3 is 0 Å². The summed E-state index contributed by atoms with van der Waals surface area (Å²) < 4.78 is 33.2. The third kappa shape index (κ3) is 2.07. The molecular weight excluding hydrogens is 280 g/mol. The van der Waals surface area contributed by atoms with E-state index in [4.69, 9.17) is 10.5 Å². The number of ether oxygens (including phenoxy) is 1. The monoisotopic (exact) mass is 300 g/mol. The van der Waals surface area contributed by atoms with E-state index in [1.807, 2.05) is 0 Å². The summed E-state index contributed by atoms with van der Waals surface area (Å²) in [6.07, 6.45) is 2.84. The van der Waals surface area contributed by atoms with Gasteiger partial charge in [-0.15, -0.1) is 0 Å². The number of sulfonamides is 1. The van der Waals surface area contributed by atoms with Crippen LogP contribution in [0, 0.1) is 6.92 Å². The van der Waals surface area contributed by atoms with Crippen LogP contribution < -0.4 is 5.73 Å². The third-order valence-electron chi connectivity index (χ3n) is 4.15. The molecule has 1 aliphatic heterocycles. The number of aromatic nitrogens is 2. The first-order valence-electron chi connectivity index (χ1n) is 6.93. The highest BCUT2D eigenvalue weighted by Crippen LogP contribution is 2.34. The van der Waals surface area contributed by atoms with E-state index in [1.54, 1.807) is 11.2 Å². The number of nitrogens with zero attached hydrogens (tertiary/aromatic N) is 2. The molecule has 1 aromatic rings. The van der Waals surface area contributed by atoms with E-state index >= 15 is 0 Å². The lowest BCUT2D eigenvalue weighted by molar-refractivity contribution is -0.0242. The van der Waals surface area contributed by atoms with E-state index in [0.29, 0.717) is 24.5 Å². The van der Waals surface area contributed by atoms with Crippen LogP contribution in [0.3, 0.4) is 0 Å². The van der Waals surface area contributed by atoms with Crippen molar-refractivity contribution in [2.75, 3.05) is 13.2 Å². The van der Waals surface area contributed by atoms with Crippen molar-refractivity contribution >= 4 is 10.0 Å². The molecule has 1 saturated carbocycles. The minimum Gasteiger partial charge on any atom is -0.375 e. The summed E-state index contributed by atoms with van der Waals surface area (Å²) in [5.41, 5.74) is 6.56. The van der Waals surface area contributed by atoms with E-state index in [2.05, 4.69) is 10.2 Å². The first-order chi connectivity index (χ1) is 9.55. The number of hydrogen-bond acceptors (Lipinski definition) is 5. The number of nitrogens with one attached hydrogen (secondary N) is 1. The van der Waals surface area contributed by atoms with E-state index < -0.39 is 10.0 Å². The zero-order valence-corrected chi connectivity index (χ0v) is 12.3. The van der Waals surface area contributed by atoms with Crippen molar-refractivity contribution in [3.05, 3.63) is 11.4 Å². The van der Waals surface area contributed by atoms with Gasteiger partial charge in [-0.1, -0.05) is 0 Å². The van der Waals surface area contributed by atoms with Crippen LogP contribution in [0.15, 0.2) is 4.90 Å². The third-order valence-corrected chi connectivity index (χ3v) is 6.28. The molecule has 3 N–H and O–H groups in total. The molecule has 0 amide bonds. The molecule has 7 nitrogen and oxygen atoms in total. The first kappa shape index (κ1) is 14.0. The molecule has 3 rings (SSSR count). The molecule has 112 valence electrons. The Kier molecular flexibility index (Phi) is 3.57. The van der Waals surface area contributed by atoms with E-state index in [9.17, 15) is 8.42 Å². The second-order valence-corrected chi connectivity index (χ2v) is 7.18. The molecule has 0 radical (unpaired) electrons. The molecule has 0 bridgehead atoms. The van der Waals surface area contributed by atoms with E-state index in [0.717, 1.165) is 19.3 Å². The molecule has 2 unspecified atom stereocenters. The highest BCUT2D eigenvalue weighted by molar-refractivity contribution is 7.89. The van der Waals surface area contributed by atoms with Crippen LogP contribution in [0.25, 0.3) is 0 Å². The van der Waals surface area contributed by atoms with Gasteiger partial charge in [0.05, 0.1) is 30.1 Å². The molecule has 0 aromatic carbocycles. The zero-order valence-electron chi connectivity index (χ0n) is 11.5. The summed E-state index contributed by atoms with van der Waals surface area (Å²) in [4.78, 5) is 0.243. The second-order valence-electron chi connectivity index (χ2n) is 5.35. The van der Waals surface area contributed by atoms with Crippen molar-refractivity contribution in [3.63, 3.8) is 0 Å². The number of morpholine rings is 1. The van der Waals surface area contributed by atoms with E-state index in [-0.39, 0.29) is 23.6 Å². The van der Waals surface area contributed by atoms with Crippen molar-refractivity contribution < 1.29 is 13.2 Å². The number of hydrogen-bond donors (Lipinski definition) is 2. The molecule has 1 saturated heterocycles. The average molecular weight is 300 g/mol. The van der Waals surface area contributed by atoms with Crippen molar-refractivity contribution in [2.24, 2.45) is 5.73 Å². The molecule has 2 atom stereocenters. The number of nitrogens with two attached hydrogens (primary N) is 1. The second kappa shape index (κ2) is 5.10. The fourth-order valence-electron chi connectivity index (χ4n) is 3.26. The van der Waals surface area contributed by atoms with Gasteiger partial charge in [-0.25, -0.2) is 8.42 Å². The lowest BCUT2D eigenvalue weighted by atomic mass is 10.2. The van der Waals surface area contributed by atoms with Gasteiger partial charge in [-0.2, -0.15) is 9.40 Å². The number of rotatable bonds is 3. The maximum atomic E-state index is 12.9. The minimum atomic E-state index is -3.57. The molecule has 0 spiro atoms. The first-order valence-corrected chi connectivity index (χ1v) is 8.37. The topological polar surface area (TPSA) is 101 Å². The lowest BCUT2D eigenvalue weighted by Crippen LogP contribution is -2.51. The maximum Gasteiger partial charge on any atom is 0.247 e. The lowest BCUT2D eigenvalue weighted by Gasteiger charge is -2.36. The summed E-state index contributed by atoms with van der Waals surface area (Å²) in [5, 5.41) is 6.72. The Morgan fingerprint density at radius 3 is 3.05 bits per heavy atom. The normalized spacial score (nSPS) is 27.7. The van der Waals surface area contributed by atoms with Gasteiger partial charge in [-0.3, -0.25) is 5.10 Å². The van der Waals surface area contributed by atoms with Gasteiger partial charge in [0.2, 0.25) is 10.0 Å². The number of fused-ring (bicyclic) bond motifs is 1. The van der Waals surface area contributed by atoms with Gasteiger partial charge < -0.3 is 10.5 Å². The summed E-state index contributed by atoms with van der Waals surface area (Å²) in [5.74, 6) is 0. The van der Waals surface area contributed by atoms with Gasteiger partial charge in [0.25, 0.3) is 0 Å². The van der Waals surface area contributed by atoms with Crippen molar-refractivity contribution in [3.8, 4) is 0 Å². The Balaban J connectivity index is 2.00. The number of aromatic amines is 1. The molecule has 8 heteroatoms. The van der Waals surface area contributed by atoms with Gasteiger partial charge in [-0.05, 0) is 26.2 Å². The highest BCUT2D eigenvalue weighted by atomic mass is 32.2. The van der Waals surface area contributed by atoms with Crippen molar-refractivity contribution in [2.45, 2.75) is 49.8 Å². The smallest absolute Gasteiger partial charge is 0.247 e. The number of aryl methyl sites for hydroxylation is 1. The molecule has 1 aliphatic carbocycles. The molecule has 2 aliphatic rings. The summed E-state index contributed by atoms with van der Waals surface area (Å²) >= 11 is 0. The fraction of sp³-hybridized carbons (Fsp3) is 0.750. The van der Waals surface area contributed by atoms with Crippen molar-refractivity contribution in [1.29, 1.82) is 0 Å². The standard InChI is InChI=1S/C12H20N4O3S/c1-8-12(9(7-13)15-14-8)20(17,18)16-5-6-19-11-4-2-3-10(11)16/h10-11H,2-7,13H2,1H3,(H,14,15). The van der Waals surface area contributed by atoms with E-state index in [1.165, 1.54) is 0 Å². The molecular formula is C12H20N4O3S. The van der Waals surface area contributed by atoms with Crippen LogP contribution in [0.2, 0.25) is 0 Å². The quantitative estimate of drug-likeness (QED) is 0.825. The Labute approximate surface area is 118 Å². The van der Waals surface area contributed by atoms with Crippen LogP contribution in [-0.4, -0.2) is 48.2 Å². The maximum absolute atomic E-state index is 12.9. The average Bonchev–Trinajstić information content (AvgIpc) is 3.03. The molecule has 1 aromatic heterocycles. The Hall–Kier alpha value is -0.960. The summed E-state index contributed by atoms with van der Waals surface area (Å²) in [6, 6.07) is -0.0475. The number of H-pyrrole nitrogens is 1. The summed E-state index contributed by atoms with van der Waals surface area (Å²) in [7, 11) is -3.57.